The van der Waals surface area contributed by atoms with Gasteiger partial charge in [0.1, 0.15) is 17.5 Å². The number of hydrogen-bond donors (Lipinski definition) is 1. The molecule has 0 saturated heterocycles. The van der Waals surface area contributed by atoms with Gasteiger partial charge in [-0.2, -0.15) is 5.26 Å². The first kappa shape index (κ1) is 13.9. The number of halogens is 1. The molecule has 0 saturated carbocycles. The van der Waals surface area contributed by atoms with Crippen molar-refractivity contribution in [3.05, 3.63) is 41.2 Å². The Kier molecular flexibility index (Phi) is 5.55. The summed E-state index contributed by atoms with van der Waals surface area (Å²) in [6.07, 6.45) is 1.22. The zero-order chi connectivity index (χ0) is 13.4. The SMILES string of the molecule is COCCNC(=O)/C(C#N)=C/c1ccccc1F. The van der Waals surface area contributed by atoms with Gasteiger partial charge in [0.25, 0.3) is 5.91 Å². The first-order valence-corrected chi connectivity index (χ1v) is 5.32. The molecule has 1 N–H and O–H groups in total. The molecule has 1 aromatic carbocycles. The maximum atomic E-state index is 13.4. The summed E-state index contributed by atoms with van der Waals surface area (Å²) in [4.78, 5) is 11.6. The van der Waals surface area contributed by atoms with Gasteiger partial charge in [-0.25, -0.2) is 4.39 Å². The van der Waals surface area contributed by atoms with Crippen molar-refractivity contribution in [3.8, 4) is 6.07 Å². The fourth-order valence-electron chi connectivity index (χ4n) is 1.26. The molecule has 94 valence electrons. The molecule has 4 nitrogen and oxygen atoms in total. The number of rotatable bonds is 5. The van der Waals surface area contributed by atoms with Crippen LogP contribution in [0.25, 0.3) is 6.08 Å². The third-order valence-corrected chi connectivity index (χ3v) is 2.16. The Labute approximate surface area is 105 Å². The predicted molar refractivity (Wildman–Crippen MR) is 64.9 cm³/mol. The van der Waals surface area contributed by atoms with Crippen molar-refractivity contribution in [2.45, 2.75) is 0 Å². The molecule has 0 atom stereocenters. The fraction of sp³-hybridized carbons (Fsp3) is 0.231. The van der Waals surface area contributed by atoms with Crippen LogP contribution in [0.2, 0.25) is 0 Å². The van der Waals surface area contributed by atoms with E-state index in [1.165, 1.54) is 31.4 Å². The number of carbonyl (C=O) groups is 1. The number of ether oxygens (including phenoxy) is 1. The molecule has 0 heterocycles. The largest absolute Gasteiger partial charge is 0.383 e. The molecule has 0 spiro atoms. The highest BCUT2D eigenvalue weighted by Crippen LogP contribution is 2.11. The van der Waals surface area contributed by atoms with Crippen LogP contribution in [0, 0.1) is 17.1 Å². The average molecular weight is 248 g/mol. The highest BCUT2D eigenvalue weighted by atomic mass is 19.1. The van der Waals surface area contributed by atoms with E-state index >= 15 is 0 Å². The van der Waals surface area contributed by atoms with Crippen LogP contribution in [0.5, 0.6) is 0 Å². The number of nitrogens with zero attached hydrogens (tertiary/aromatic N) is 1. The number of methoxy groups -OCH3 is 1. The van der Waals surface area contributed by atoms with E-state index in [4.69, 9.17) is 10.00 Å². The quantitative estimate of drug-likeness (QED) is 0.488. The molecule has 1 rings (SSSR count). The van der Waals surface area contributed by atoms with Crippen LogP contribution in [-0.4, -0.2) is 26.2 Å². The van der Waals surface area contributed by atoms with Crippen LogP contribution in [-0.2, 0) is 9.53 Å². The van der Waals surface area contributed by atoms with Crippen molar-refractivity contribution >= 4 is 12.0 Å². The van der Waals surface area contributed by atoms with Gasteiger partial charge >= 0.3 is 0 Å². The maximum absolute atomic E-state index is 13.4. The Morgan fingerprint density at radius 2 is 2.28 bits per heavy atom. The van der Waals surface area contributed by atoms with Gasteiger partial charge in [0.15, 0.2) is 0 Å². The standard InChI is InChI=1S/C13H13FN2O2/c1-18-7-6-16-13(17)11(9-15)8-10-4-2-3-5-12(10)14/h2-5,8H,6-7H2,1H3,(H,16,17)/b11-8+. The van der Waals surface area contributed by atoms with Gasteiger partial charge in [0.05, 0.1) is 6.61 Å². The number of benzene rings is 1. The molecule has 0 radical (unpaired) electrons. The van der Waals surface area contributed by atoms with Crippen molar-refractivity contribution in [2.24, 2.45) is 0 Å². The minimum absolute atomic E-state index is 0.142. The first-order chi connectivity index (χ1) is 8.69. The minimum atomic E-state index is -0.544. The lowest BCUT2D eigenvalue weighted by atomic mass is 10.1. The second-order valence-corrected chi connectivity index (χ2v) is 3.44. The molecule has 1 aromatic rings. The molecule has 0 aliphatic heterocycles. The van der Waals surface area contributed by atoms with E-state index in [9.17, 15) is 9.18 Å². The second kappa shape index (κ2) is 7.20. The van der Waals surface area contributed by atoms with Gasteiger partial charge in [-0.1, -0.05) is 18.2 Å². The summed E-state index contributed by atoms with van der Waals surface area (Å²) < 4.78 is 18.1. The summed E-state index contributed by atoms with van der Waals surface area (Å²) in [5, 5.41) is 11.4. The number of amides is 1. The Balaban J connectivity index is 2.81. The van der Waals surface area contributed by atoms with Gasteiger partial charge in [0.2, 0.25) is 0 Å². The molecule has 0 fully saturated rings. The van der Waals surface area contributed by atoms with Gasteiger partial charge in [-0.05, 0) is 12.1 Å². The second-order valence-electron chi connectivity index (χ2n) is 3.44. The third-order valence-electron chi connectivity index (χ3n) is 2.16. The molecule has 0 aliphatic rings. The van der Waals surface area contributed by atoms with Crippen molar-refractivity contribution in [3.63, 3.8) is 0 Å². The topological polar surface area (TPSA) is 62.1 Å². The van der Waals surface area contributed by atoms with E-state index in [2.05, 4.69) is 5.32 Å². The minimum Gasteiger partial charge on any atom is -0.383 e. The van der Waals surface area contributed by atoms with E-state index in [0.29, 0.717) is 13.2 Å². The Hall–Kier alpha value is -2.19. The van der Waals surface area contributed by atoms with Crippen molar-refractivity contribution in [1.29, 1.82) is 5.26 Å². The summed E-state index contributed by atoms with van der Waals surface area (Å²) in [6, 6.07) is 7.68. The van der Waals surface area contributed by atoms with Gasteiger partial charge < -0.3 is 10.1 Å². The number of carbonyl (C=O) groups excluding carboxylic acids is 1. The molecule has 0 aliphatic carbocycles. The Morgan fingerprint density at radius 1 is 1.56 bits per heavy atom. The average Bonchev–Trinajstić information content (AvgIpc) is 2.38. The van der Waals surface area contributed by atoms with Crippen LogP contribution >= 0.6 is 0 Å². The van der Waals surface area contributed by atoms with Crippen molar-refractivity contribution in [2.75, 3.05) is 20.3 Å². The van der Waals surface area contributed by atoms with Gasteiger partial charge in [0, 0.05) is 19.2 Å². The molecule has 0 aromatic heterocycles. The van der Waals surface area contributed by atoms with Crippen LogP contribution < -0.4 is 5.32 Å². The van der Waals surface area contributed by atoms with Crippen LogP contribution in [0.4, 0.5) is 4.39 Å². The lowest BCUT2D eigenvalue weighted by molar-refractivity contribution is -0.117. The number of nitrogens with one attached hydrogen (secondary N) is 1. The van der Waals surface area contributed by atoms with E-state index in [1.807, 2.05) is 0 Å². The highest BCUT2D eigenvalue weighted by Gasteiger charge is 2.09. The molecule has 1 amide bonds. The third kappa shape index (κ3) is 4.00. The van der Waals surface area contributed by atoms with E-state index in [0.717, 1.165) is 0 Å². The van der Waals surface area contributed by atoms with Gasteiger partial charge in [-0.3, -0.25) is 4.79 Å². The summed E-state index contributed by atoms with van der Waals surface area (Å²) in [6.45, 7) is 0.649. The van der Waals surface area contributed by atoms with E-state index in [1.54, 1.807) is 12.1 Å². The van der Waals surface area contributed by atoms with E-state index in [-0.39, 0.29) is 11.1 Å². The van der Waals surface area contributed by atoms with Gasteiger partial charge in [-0.15, -0.1) is 0 Å². The van der Waals surface area contributed by atoms with Crippen LogP contribution in [0.15, 0.2) is 29.8 Å². The maximum Gasteiger partial charge on any atom is 0.262 e. The zero-order valence-corrected chi connectivity index (χ0v) is 9.94. The molecular weight excluding hydrogens is 235 g/mol. The molecule has 0 bridgehead atoms. The number of nitriles is 1. The zero-order valence-electron chi connectivity index (χ0n) is 9.94. The Morgan fingerprint density at radius 3 is 2.89 bits per heavy atom. The molecule has 18 heavy (non-hydrogen) atoms. The predicted octanol–water partition coefficient (Wildman–Crippen LogP) is 1.50. The molecule has 0 unspecified atom stereocenters. The summed E-state index contributed by atoms with van der Waals surface area (Å²) >= 11 is 0. The normalized spacial score (nSPS) is 10.8. The van der Waals surface area contributed by atoms with Crippen LogP contribution in [0.1, 0.15) is 5.56 Å². The molecule has 5 heteroatoms. The highest BCUT2D eigenvalue weighted by molar-refractivity contribution is 6.01. The van der Waals surface area contributed by atoms with Crippen LogP contribution in [0.3, 0.4) is 0 Å². The first-order valence-electron chi connectivity index (χ1n) is 5.32. The van der Waals surface area contributed by atoms with E-state index < -0.39 is 11.7 Å². The Bertz CT molecular complexity index is 492. The smallest absolute Gasteiger partial charge is 0.262 e. The fourth-order valence-corrected chi connectivity index (χ4v) is 1.26. The van der Waals surface area contributed by atoms with Crippen molar-refractivity contribution < 1.29 is 13.9 Å². The lowest BCUT2D eigenvalue weighted by Gasteiger charge is -2.03. The molecular formula is C13H13FN2O2. The monoisotopic (exact) mass is 248 g/mol. The summed E-state index contributed by atoms with van der Waals surface area (Å²) in [5.41, 5.74) is 0.0622. The number of hydrogen-bond acceptors (Lipinski definition) is 3. The summed E-state index contributed by atoms with van der Waals surface area (Å²) in [7, 11) is 1.51. The van der Waals surface area contributed by atoms with Crippen molar-refractivity contribution in [1.82, 2.24) is 5.32 Å². The summed E-state index contributed by atoms with van der Waals surface area (Å²) in [5.74, 6) is -1.02. The lowest BCUT2D eigenvalue weighted by Crippen LogP contribution is -2.27.